The molecular weight excluding hydrogens is 408 g/mol. The molecule has 0 atom stereocenters. The maximum Gasteiger partial charge on any atom is 0.258 e. The van der Waals surface area contributed by atoms with E-state index in [1.54, 1.807) is 20.5 Å². The van der Waals surface area contributed by atoms with Gasteiger partial charge in [0, 0.05) is 18.1 Å². The zero-order chi connectivity index (χ0) is 22.2. The molecule has 3 aromatic rings. The first kappa shape index (κ1) is 20.7. The van der Waals surface area contributed by atoms with Crippen molar-refractivity contribution in [3.63, 3.8) is 0 Å². The second kappa shape index (κ2) is 8.41. The molecule has 0 unspecified atom stereocenters. The number of hydrogen-bond acceptors (Lipinski definition) is 6. The van der Waals surface area contributed by atoms with E-state index < -0.39 is 0 Å². The summed E-state index contributed by atoms with van der Waals surface area (Å²) >= 11 is 0. The predicted molar refractivity (Wildman–Crippen MR) is 122 cm³/mol. The van der Waals surface area contributed by atoms with Gasteiger partial charge < -0.3 is 23.5 Å². The molecule has 4 heterocycles. The predicted octanol–water partition coefficient (Wildman–Crippen LogP) is 3.88. The Kier molecular flexibility index (Phi) is 5.45. The Hall–Kier alpha value is -3.16. The second-order valence-electron chi connectivity index (χ2n) is 7.99. The molecule has 0 bridgehead atoms. The maximum atomic E-state index is 13.4. The van der Waals surface area contributed by atoms with Gasteiger partial charge in [-0.2, -0.15) is 0 Å². The summed E-state index contributed by atoms with van der Waals surface area (Å²) in [5, 5.41) is 1.08. The zero-order valence-electron chi connectivity index (χ0n) is 18.6. The molecule has 7 nitrogen and oxygen atoms in total. The lowest BCUT2D eigenvalue weighted by atomic mass is 9.96. The molecule has 0 aliphatic carbocycles. The van der Waals surface area contributed by atoms with Crippen LogP contribution in [0.15, 0.2) is 35.3 Å². The van der Waals surface area contributed by atoms with Gasteiger partial charge in [0.05, 0.1) is 49.0 Å². The van der Waals surface area contributed by atoms with E-state index in [0.29, 0.717) is 25.1 Å². The molecule has 2 aliphatic rings. The summed E-state index contributed by atoms with van der Waals surface area (Å²) in [6.07, 6.45) is 3.22. The van der Waals surface area contributed by atoms with Crippen LogP contribution < -0.4 is 10.3 Å². The lowest BCUT2D eigenvalue weighted by Gasteiger charge is -2.20. The van der Waals surface area contributed by atoms with Crippen LogP contribution >= 0.6 is 0 Å². The Bertz CT molecular complexity index is 1290. The van der Waals surface area contributed by atoms with E-state index in [1.165, 1.54) is 5.56 Å². The van der Waals surface area contributed by atoms with Crippen LogP contribution in [0, 0.1) is 0 Å². The summed E-state index contributed by atoms with van der Waals surface area (Å²) in [6.45, 7) is 3.67. The van der Waals surface area contributed by atoms with Gasteiger partial charge >= 0.3 is 0 Å². The fraction of sp³-hybridized carbons (Fsp3) is 0.360. The van der Waals surface area contributed by atoms with Gasteiger partial charge in [0.1, 0.15) is 19.1 Å². The van der Waals surface area contributed by atoms with Gasteiger partial charge in [-0.25, -0.2) is 4.98 Å². The summed E-state index contributed by atoms with van der Waals surface area (Å²) in [5.74, 6) is 0.805. The van der Waals surface area contributed by atoms with Gasteiger partial charge in [-0.05, 0) is 53.8 Å². The van der Waals surface area contributed by atoms with Gasteiger partial charge in [0.15, 0.2) is 0 Å². The van der Waals surface area contributed by atoms with Gasteiger partial charge in [-0.1, -0.05) is 6.92 Å². The van der Waals surface area contributed by atoms with Crippen molar-refractivity contribution in [3.05, 3.63) is 63.1 Å². The Labute approximate surface area is 186 Å². The van der Waals surface area contributed by atoms with Crippen molar-refractivity contribution in [1.29, 1.82) is 0 Å². The number of rotatable bonds is 7. The molecule has 166 valence electrons. The average Bonchev–Trinajstić information content (AvgIpc) is 3.18. The van der Waals surface area contributed by atoms with Crippen molar-refractivity contribution in [2.24, 2.45) is 0 Å². The summed E-state index contributed by atoms with van der Waals surface area (Å²) < 4.78 is 23.3. The Morgan fingerprint density at radius 2 is 2.06 bits per heavy atom. The van der Waals surface area contributed by atoms with Gasteiger partial charge in [0.2, 0.25) is 0 Å². The third-order valence-electron chi connectivity index (χ3n) is 6.24. The number of nitrogens with zero attached hydrogens (tertiary/aromatic N) is 2. The number of fused-ring (bicyclic) bond motifs is 5. The SMILES string of the molecule is CCc1c2c(nc3ccc(OC)cc13)-c1cc3c(c(=O)n1C2)COC=C3CCOCOC. The van der Waals surface area contributed by atoms with E-state index >= 15 is 0 Å². The maximum absolute atomic E-state index is 13.4. The lowest BCUT2D eigenvalue weighted by Crippen LogP contribution is -2.26. The molecule has 7 heteroatoms. The Morgan fingerprint density at radius 3 is 2.84 bits per heavy atom. The Morgan fingerprint density at radius 1 is 1.19 bits per heavy atom. The fourth-order valence-electron chi connectivity index (χ4n) is 4.69. The van der Waals surface area contributed by atoms with E-state index in [-0.39, 0.29) is 19.0 Å². The highest BCUT2D eigenvalue weighted by molar-refractivity contribution is 5.89. The molecule has 5 rings (SSSR count). The summed E-state index contributed by atoms with van der Waals surface area (Å²) in [4.78, 5) is 18.4. The molecular formula is C25H26N2O5. The lowest BCUT2D eigenvalue weighted by molar-refractivity contribution is -0.0282. The van der Waals surface area contributed by atoms with Crippen LogP contribution in [0.5, 0.6) is 5.75 Å². The molecule has 0 saturated heterocycles. The average molecular weight is 434 g/mol. The van der Waals surface area contributed by atoms with Crippen LogP contribution in [0.4, 0.5) is 0 Å². The first-order valence-electron chi connectivity index (χ1n) is 10.8. The number of hydrogen-bond donors (Lipinski definition) is 0. The molecule has 0 radical (unpaired) electrons. The van der Waals surface area contributed by atoms with E-state index in [9.17, 15) is 4.79 Å². The van der Waals surface area contributed by atoms with E-state index in [2.05, 4.69) is 13.0 Å². The smallest absolute Gasteiger partial charge is 0.258 e. The molecule has 0 amide bonds. The fourth-order valence-corrected chi connectivity index (χ4v) is 4.69. The minimum Gasteiger partial charge on any atom is -0.497 e. The van der Waals surface area contributed by atoms with Crippen molar-refractivity contribution >= 4 is 16.5 Å². The molecule has 0 fully saturated rings. The molecule has 32 heavy (non-hydrogen) atoms. The minimum atomic E-state index is -0.0115. The van der Waals surface area contributed by atoms with E-state index in [0.717, 1.165) is 51.2 Å². The van der Waals surface area contributed by atoms with E-state index in [1.807, 2.05) is 22.8 Å². The number of aromatic nitrogens is 2. The number of benzene rings is 1. The van der Waals surface area contributed by atoms with Crippen LogP contribution in [-0.2, 0) is 33.8 Å². The highest BCUT2D eigenvalue weighted by Crippen LogP contribution is 2.39. The molecule has 0 N–H and O–H groups in total. The highest BCUT2D eigenvalue weighted by atomic mass is 16.7. The van der Waals surface area contributed by atoms with Crippen molar-refractivity contribution in [1.82, 2.24) is 9.55 Å². The van der Waals surface area contributed by atoms with Gasteiger partial charge in [-0.3, -0.25) is 4.79 Å². The molecule has 1 aromatic carbocycles. The van der Waals surface area contributed by atoms with Crippen LogP contribution in [0.2, 0.25) is 0 Å². The van der Waals surface area contributed by atoms with Crippen LogP contribution in [0.1, 0.15) is 35.6 Å². The van der Waals surface area contributed by atoms with Crippen LogP contribution in [0.25, 0.3) is 27.9 Å². The first-order chi connectivity index (χ1) is 15.7. The van der Waals surface area contributed by atoms with Gasteiger partial charge in [-0.15, -0.1) is 0 Å². The summed E-state index contributed by atoms with van der Waals surface area (Å²) in [5.41, 5.74) is 7.55. The van der Waals surface area contributed by atoms with Crippen molar-refractivity contribution in [2.75, 3.05) is 27.6 Å². The third-order valence-corrected chi connectivity index (χ3v) is 6.24. The van der Waals surface area contributed by atoms with Gasteiger partial charge in [0.25, 0.3) is 5.56 Å². The monoisotopic (exact) mass is 434 g/mol. The van der Waals surface area contributed by atoms with E-state index in [4.69, 9.17) is 23.9 Å². The largest absolute Gasteiger partial charge is 0.497 e. The minimum absolute atomic E-state index is 0.0115. The number of aryl methyl sites for hydroxylation is 1. The Balaban J connectivity index is 1.63. The quantitative estimate of drug-likeness (QED) is 0.325. The molecule has 0 spiro atoms. The summed E-state index contributed by atoms with van der Waals surface area (Å²) in [6, 6.07) is 8.04. The summed E-state index contributed by atoms with van der Waals surface area (Å²) in [7, 11) is 3.26. The third kappa shape index (κ3) is 3.29. The number of ether oxygens (including phenoxy) is 4. The standard InChI is InChI=1S/C25H26N2O5/c1-4-17-19-9-16(30-3)5-6-22(19)26-24-20(17)11-27-23(24)10-18-15(7-8-31-14-29-2)12-32-13-21(18)25(27)28/h5-6,9-10,12H,4,7-8,11,13-14H2,1-3H3. The number of methoxy groups -OCH3 is 2. The van der Waals surface area contributed by atoms with Crippen LogP contribution in [-0.4, -0.2) is 37.2 Å². The van der Waals surface area contributed by atoms with Crippen molar-refractivity contribution < 1.29 is 18.9 Å². The first-order valence-corrected chi connectivity index (χ1v) is 10.8. The zero-order valence-corrected chi connectivity index (χ0v) is 18.6. The molecule has 2 aliphatic heterocycles. The molecule has 0 saturated carbocycles. The van der Waals surface area contributed by atoms with Crippen molar-refractivity contribution in [3.8, 4) is 17.1 Å². The number of pyridine rings is 2. The normalized spacial score (nSPS) is 13.9. The second-order valence-corrected chi connectivity index (χ2v) is 7.99. The van der Waals surface area contributed by atoms with Crippen molar-refractivity contribution in [2.45, 2.75) is 32.9 Å². The molecule has 2 aromatic heterocycles. The topological polar surface area (TPSA) is 71.8 Å². The highest BCUT2D eigenvalue weighted by Gasteiger charge is 2.29. The van der Waals surface area contributed by atoms with Crippen LogP contribution in [0.3, 0.4) is 0 Å².